The van der Waals surface area contributed by atoms with Crippen molar-refractivity contribution in [2.24, 2.45) is 7.05 Å². The van der Waals surface area contributed by atoms with Crippen LogP contribution in [-0.4, -0.2) is 41.1 Å². The van der Waals surface area contributed by atoms with Crippen LogP contribution in [0.5, 0.6) is 17.2 Å². The normalized spacial score (nSPS) is 10.9. The van der Waals surface area contributed by atoms with E-state index in [9.17, 15) is 0 Å². The summed E-state index contributed by atoms with van der Waals surface area (Å²) < 4.78 is 18.4. The summed E-state index contributed by atoms with van der Waals surface area (Å²) in [5, 5.41) is 5.61. The molecule has 0 radical (unpaired) electrons. The van der Waals surface area contributed by atoms with Gasteiger partial charge in [0.15, 0.2) is 17.1 Å². The molecule has 29 heavy (non-hydrogen) atoms. The zero-order valence-corrected chi connectivity index (χ0v) is 17.1. The summed E-state index contributed by atoms with van der Waals surface area (Å²) in [5.74, 6) is 1.67. The monoisotopic (exact) mass is 390 g/mol. The van der Waals surface area contributed by atoms with Crippen molar-refractivity contribution in [3.8, 4) is 39.6 Å². The molecule has 148 valence electrons. The van der Waals surface area contributed by atoms with Gasteiger partial charge in [-0.1, -0.05) is 6.07 Å². The molecule has 0 aliphatic carbocycles. The summed E-state index contributed by atoms with van der Waals surface area (Å²) in [4.78, 5) is 9.11. The van der Waals surface area contributed by atoms with Gasteiger partial charge in [0.05, 0.1) is 27.0 Å². The molecule has 0 aliphatic rings. The van der Waals surface area contributed by atoms with Crippen LogP contribution in [0.2, 0.25) is 0 Å². The largest absolute Gasteiger partial charge is 0.493 e. The topological polar surface area (TPSA) is 71.3 Å². The number of methoxy groups -OCH3 is 3. The van der Waals surface area contributed by atoms with Gasteiger partial charge in [0.25, 0.3) is 0 Å². The molecular weight excluding hydrogens is 368 g/mol. The number of benzene rings is 1. The van der Waals surface area contributed by atoms with Crippen molar-refractivity contribution in [2.75, 3.05) is 21.3 Å². The standard InChI is InChI=1S/C22H22N4O3/c1-13-19-16(14-7-6-10-23-12-14)11-17(24-22(19)25-26(13)2)15-8-9-18(27-3)21(29-5)20(15)28-4/h6-12H,1-5H3. The lowest BCUT2D eigenvalue weighted by molar-refractivity contribution is 0.325. The summed E-state index contributed by atoms with van der Waals surface area (Å²) in [6.45, 7) is 2.04. The molecule has 0 bridgehead atoms. The summed E-state index contributed by atoms with van der Waals surface area (Å²) in [6.07, 6.45) is 3.60. The second kappa shape index (κ2) is 7.43. The molecule has 0 N–H and O–H groups in total. The molecule has 7 heteroatoms. The molecule has 4 rings (SSSR count). The predicted molar refractivity (Wildman–Crippen MR) is 112 cm³/mol. The van der Waals surface area contributed by atoms with Gasteiger partial charge in [0, 0.05) is 41.6 Å². The fourth-order valence-corrected chi connectivity index (χ4v) is 3.53. The number of pyridine rings is 2. The van der Waals surface area contributed by atoms with Crippen LogP contribution in [-0.2, 0) is 7.05 Å². The summed E-state index contributed by atoms with van der Waals surface area (Å²) >= 11 is 0. The Morgan fingerprint density at radius 2 is 1.72 bits per heavy atom. The van der Waals surface area contributed by atoms with Gasteiger partial charge in [0.2, 0.25) is 5.75 Å². The Morgan fingerprint density at radius 1 is 0.931 bits per heavy atom. The van der Waals surface area contributed by atoms with E-state index in [4.69, 9.17) is 19.2 Å². The number of nitrogens with zero attached hydrogens (tertiary/aromatic N) is 4. The third-order valence-corrected chi connectivity index (χ3v) is 5.04. The van der Waals surface area contributed by atoms with Crippen molar-refractivity contribution < 1.29 is 14.2 Å². The van der Waals surface area contributed by atoms with Gasteiger partial charge in [0.1, 0.15) is 0 Å². The van der Waals surface area contributed by atoms with Crippen LogP contribution in [0.4, 0.5) is 0 Å². The lowest BCUT2D eigenvalue weighted by Crippen LogP contribution is -1.98. The molecule has 7 nitrogen and oxygen atoms in total. The average Bonchev–Trinajstić information content (AvgIpc) is 3.05. The highest BCUT2D eigenvalue weighted by molar-refractivity contribution is 5.97. The highest BCUT2D eigenvalue weighted by Gasteiger charge is 2.21. The van der Waals surface area contributed by atoms with Crippen LogP contribution in [0.15, 0.2) is 42.7 Å². The first kappa shape index (κ1) is 18.7. The van der Waals surface area contributed by atoms with Gasteiger partial charge in [-0.25, -0.2) is 4.98 Å². The van der Waals surface area contributed by atoms with E-state index >= 15 is 0 Å². The van der Waals surface area contributed by atoms with E-state index < -0.39 is 0 Å². The number of aryl methyl sites for hydroxylation is 2. The maximum atomic E-state index is 5.67. The molecule has 3 aromatic heterocycles. The molecule has 0 saturated heterocycles. The third-order valence-electron chi connectivity index (χ3n) is 5.04. The first-order valence-corrected chi connectivity index (χ1v) is 9.13. The van der Waals surface area contributed by atoms with E-state index in [1.54, 1.807) is 27.5 Å². The molecule has 0 unspecified atom stereocenters. The zero-order valence-electron chi connectivity index (χ0n) is 17.1. The second-order valence-electron chi connectivity index (χ2n) is 6.59. The fraction of sp³-hybridized carbons (Fsp3) is 0.227. The van der Waals surface area contributed by atoms with E-state index in [-0.39, 0.29) is 0 Å². The van der Waals surface area contributed by atoms with E-state index in [0.29, 0.717) is 22.9 Å². The molecule has 0 spiro atoms. The van der Waals surface area contributed by atoms with Crippen LogP contribution in [0.1, 0.15) is 5.69 Å². The summed E-state index contributed by atoms with van der Waals surface area (Å²) in [5.41, 5.74) is 5.24. The van der Waals surface area contributed by atoms with Crippen molar-refractivity contribution in [1.29, 1.82) is 0 Å². The van der Waals surface area contributed by atoms with Crippen molar-refractivity contribution in [3.05, 3.63) is 48.4 Å². The van der Waals surface area contributed by atoms with Crippen LogP contribution >= 0.6 is 0 Å². The van der Waals surface area contributed by atoms with Crippen molar-refractivity contribution in [1.82, 2.24) is 19.7 Å². The fourth-order valence-electron chi connectivity index (χ4n) is 3.53. The Morgan fingerprint density at radius 3 is 2.38 bits per heavy atom. The maximum absolute atomic E-state index is 5.67. The van der Waals surface area contributed by atoms with Gasteiger partial charge >= 0.3 is 0 Å². The molecule has 0 saturated carbocycles. The minimum Gasteiger partial charge on any atom is -0.493 e. The molecule has 3 heterocycles. The Labute approximate surface area is 168 Å². The van der Waals surface area contributed by atoms with Gasteiger partial charge in [-0.05, 0) is 36.8 Å². The summed E-state index contributed by atoms with van der Waals surface area (Å²) in [6, 6.07) is 9.75. The van der Waals surface area contributed by atoms with E-state index in [1.165, 1.54) is 0 Å². The SMILES string of the molecule is COc1ccc(-c2cc(-c3cccnc3)c3c(C)n(C)nc3n2)c(OC)c1OC. The van der Waals surface area contributed by atoms with Gasteiger partial charge in [-0.2, -0.15) is 5.10 Å². The highest BCUT2D eigenvalue weighted by atomic mass is 16.5. The van der Waals surface area contributed by atoms with Crippen molar-refractivity contribution in [2.45, 2.75) is 6.92 Å². The lowest BCUT2D eigenvalue weighted by Gasteiger charge is -2.16. The molecular formula is C22H22N4O3. The highest BCUT2D eigenvalue weighted by Crippen LogP contribution is 2.45. The molecule has 0 aliphatic heterocycles. The number of hydrogen-bond donors (Lipinski definition) is 0. The van der Waals surface area contributed by atoms with E-state index in [2.05, 4.69) is 10.1 Å². The van der Waals surface area contributed by atoms with E-state index in [1.807, 2.05) is 55.2 Å². The smallest absolute Gasteiger partial charge is 0.203 e. The minimum absolute atomic E-state index is 0.523. The number of hydrogen-bond acceptors (Lipinski definition) is 6. The Balaban J connectivity index is 2.04. The van der Waals surface area contributed by atoms with Crippen molar-refractivity contribution in [3.63, 3.8) is 0 Å². The number of fused-ring (bicyclic) bond motifs is 1. The van der Waals surface area contributed by atoms with E-state index in [0.717, 1.165) is 33.5 Å². The Kier molecular flexibility index (Phi) is 4.80. The number of ether oxygens (including phenoxy) is 3. The zero-order chi connectivity index (χ0) is 20.5. The maximum Gasteiger partial charge on any atom is 0.203 e. The van der Waals surface area contributed by atoms with Crippen LogP contribution in [0.25, 0.3) is 33.4 Å². The summed E-state index contributed by atoms with van der Waals surface area (Å²) in [7, 11) is 6.70. The van der Waals surface area contributed by atoms with Gasteiger partial charge in [-0.15, -0.1) is 0 Å². The first-order chi connectivity index (χ1) is 14.1. The van der Waals surface area contributed by atoms with Crippen molar-refractivity contribution >= 4 is 11.0 Å². The van der Waals surface area contributed by atoms with Gasteiger partial charge in [-0.3, -0.25) is 9.67 Å². The molecule has 0 fully saturated rings. The van der Waals surface area contributed by atoms with Crippen LogP contribution in [0, 0.1) is 6.92 Å². The minimum atomic E-state index is 0.523. The molecule has 1 aromatic carbocycles. The molecule has 4 aromatic rings. The predicted octanol–water partition coefficient (Wildman–Crippen LogP) is 4.03. The quantitative estimate of drug-likeness (QED) is 0.512. The molecule has 0 amide bonds. The Hall–Kier alpha value is -3.61. The van der Waals surface area contributed by atoms with Gasteiger partial charge < -0.3 is 14.2 Å². The average molecular weight is 390 g/mol. The Bertz CT molecular complexity index is 1190. The lowest BCUT2D eigenvalue weighted by atomic mass is 10.00. The first-order valence-electron chi connectivity index (χ1n) is 9.13. The molecule has 0 atom stereocenters. The van der Waals surface area contributed by atoms with Crippen LogP contribution in [0.3, 0.4) is 0 Å². The third kappa shape index (κ3) is 3.04. The number of rotatable bonds is 5. The van der Waals surface area contributed by atoms with Crippen LogP contribution < -0.4 is 14.2 Å². The number of aromatic nitrogens is 4. The second-order valence-corrected chi connectivity index (χ2v) is 6.59.